The number of rotatable bonds is 48. The first-order chi connectivity index (χ1) is 33.0. The molecule has 0 spiro atoms. The molecule has 0 aliphatic carbocycles. The van der Waals surface area contributed by atoms with Gasteiger partial charge in [0.05, 0.1) is 0 Å². The summed E-state index contributed by atoms with van der Waals surface area (Å²) in [5, 5.41) is 0. The van der Waals surface area contributed by atoms with Crippen molar-refractivity contribution in [2.24, 2.45) is 0 Å². The van der Waals surface area contributed by atoms with Crippen molar-refractivity contribution in [3.8, 4) is 0 Å². The van der Waals surface area contributed by atoms with Crippen LogP contribution in [0.2, 0.25) is 0 Å². The van der Waals surface area contributed by atoms with Crippen molar-refractivity contribution < 1.29 is 28.6 Å². The van der Waals surface area contributed by atoms with E-state index in [1.54, 1.807) is 0 Å². The van der Waals surface area contributed by atoms with E-state index >= 15 is 0 Å². The maximum atomic E-state index is 12.8. The molecule has 67 heavy (non-hydrogen) atoms. The summed E-state index contributed by atoms with van der Waals surface area (Å²) in [7, 11) is 0. The highest BCUT2D eigenvalue weighted by atomic mass is 16.6. The molecule has 0 radical (unpaired) electrons. The van der Waals surface area contributed by atoms with E-state index in [9.17, 15) is 14.4 Å². The lowest BCUT2D eigenvalue weighted by molar-refractivity contribution is -0.167. The van der Waals surface area contributed by atoms with Crippen LogP contribution in [0.25, 0.3) is 0 Å². The van der Waals surface area contributed by atoms with E-state index in [1.807, 2.05) is 0 Å². The van der Waals surface area contributed by atoms with Gasteiger partial charge in [0.15, 0.2) is 6.10 Å². The Kier molecular flexibility index (Phi) is 51.5. The molecule has 0 bridgehead atoms. The van der Waals surface area contributed by atoms with E-state index in [2.05, 4.69) is 130 Å². The zero-order valence-electron chi connectivity index (χ0n) is 43.4. The van der Waals surface area contributed by atoms with E-state index < -0.39 is 6.10 Å². The van der Waals surface area contributed by atoms with Crippen molar-refractivity contribution in [2.75, 3.05) is 13.2 Å². The number of hydrogen-bond donors (Lipinski definition) is 0. The second-order valence-corrected chi connectivity index (χ2v) is 17.7. The third-order valence-electron chi connectivity index (χ3n) is 11.2. The molecule has 0 aromatic carbocycles. The number of hydrogen-bond acceptors (Lipinski definition) is 6. The minimum atomic E-state index is -0.807. The molecule has 0 aromatic rings. The Hall–Kier alpha value is -3.93. The molecule has 380 valence electrons. The van der Waals surface area contributed by atoms with Gasteiger partial charge in [0.2, 0.25) is 0 Å². The van der Waals surface area contributed by atoms with E-state index in [1.165, 1.54) is 51.4 Å². The van der Waals surface area contributed by atoms with Crippen LogP contribution in [-0.4, -0.2) is 37.2 Å². The molecule has 0 fully saturated rings. The van der Waals surface area contributed by atoms with Crippen molar-refractivity contribution in [1.29, 1.82) is 0 Å². The molecule has 1 unspecified atom stereocenters. The Labute approximate surface area is 412 Å². The van der Waals surface area contributed by atoms with Crippen molar-refractivity contribution in [1.82, 2.24) is 0 Å². The summed E-state index contributed by atoms with van der Waals surface area (Å²) >= 11 is 0. The zero-order chi connectivity index (χ0) is 48.6. The lowest BCUT2D eigenvalue weighted by atomic mass is 10.1. The number of carbonyl (C=O) groups is 3. The normalized spacial score (nSPS) is 12.9. The second kappa shape index (κ2) is 54.7. The zero-order valence-corrected chi connectivity index (χ0v) is 43.4. The largest absolute Gasteiger partial charge is 0.462 e. The molecule has 6 nitrogen and oxygen atoms in total. The summed E-state index contributed by atoms with van der Waals surface area (Å²) in [6, 6.07) is 0. The quantitative estimate of drug-likeness (QED) is 0.0262. The van der Waals surface area contributed by atoms with Gasteiger partial charge < -0.3 is 14.2 Å². The third kappa shape index (κ3) is 52.9. The predicted octanol–water partition coefficient (Wildman–Crippen LogP) is 18.3. The van der Waals surface area contributed by atoms with Crippen LogP contribution in [-0.2, 0) is 28.6 Å². The Bertz CT molecular complexity index is 1390. The summed E-state index contributed by atoms with van der Waals surface area (Å²) in [5.41, 5.74) is 0. The lowest BCUT2D eigenvalue weighted by Gasteiger charge is -2.18. The van der Waals surface area contributed by atoms with Crippen LogP contribution in [0.3, 0.4) is 0 Å². The Morgan fingerprint density at radius 1 is 0.313 bits per heavy atom. The fraction of sp³-hybridized carbons (Fsp3) is 0.656. The molecule has 0 aromatic heterocycles. The molecule has 1 atom stereocenters. The lowest BCUT2D eigenvalue weighted by Crippen LogP contribution is -2.30. The monoisotopic (exact) mass is 929 g/mol. The number of unbranched alkanes of at least 4 members (excludes halogenated alkanes) is 19. The van der Waals surface area contributed by atoms with Gasteiger partial charge in [0.1, 0.15) is 13.2 Å². The summed E-state index contributed by atoms with van der Waals surface area (Å²) in [4.78, 5) is 38.1. The van der Waals surface area contributed by atoms with E-state index in [-0.39, 0.29) is 31.1 Å². The fourth-order valence-electron chi connectivity index (χ4n) is 7.12. The predicted molar refractivity (Wildman–Crippen MR) is 288 cm³/mol. The highest BCUT2D eigenvalue weighted by Crippen LogP contribution is 2.13. The van der Waals surface area contributed by atoms with E-state index in [0.29, 0.717) is 19.3 Å². The summed E-state index contributed by atoms with van der Waals surface area (Å²) in [5.74, 6) is -0.966. The molecular formula is C61H100O6. The van der Waals surface area contributed by atoms with Crippen LogP contribution >= 0.6 is 0 Å². The van der Waals surface area contributed by atoms with Crippen molar-refractivity contribution >= 4 is 17.9 Å². The molecule has 0 aliphatic heterocycles. The molecule has 0 aliphatic rings. The third-order valence-corrected chi connectivity index (χ3v) is 11.2. The van der Waals surface area contributed by atoms with Crippen LogP contribution < -0.4 is 0 Å². The molecule has 0 amide bonds. The average molecular weight is 929 g/mol. The van der Waals surface area contributed by atoms with Crippen LogP contribution in [0.15, 0.2) is 109 Å². The Morgan fingerprint density at radius 3 is 0.925 bits per heavy atom. The minimum absolute atomic E-state index is 0.104. The molecule has 0 saturated carbocycles. The van der Waals surface area contributed by atoms with Gasteiger partial charge in [0, 0.05) is 19.3 Å². The van der Waals surface area contributed by atoms with Gasteiger partial charge in [-0.1, -0.05) is 201 Å². The van der Waals surface area contributed by atoms with Crippen LogP contribution in [0, 0.1) is 0 Å². The van der Waals surface area contributed by atoms with E-state index in [4.69, 9.17) is 14.2 Å². The molecular weight excluding hydrogens is 829 g/mol. The molecule has 0 saturated heterocycles. The number of allylic oxidation sites excluding steroid dienone is 18. The topological polar surface area (TPSA) is 78.9 Å². The summed E-state index contributed by atoms with van der Waals surface area (Å²) in [6.45, 7) is 6.41. The molecule has 0 heterocycles. The van der Waals surface area contributed by atoms with Gasteiger partial charge in [-0.25, -0.2) is 0 Å². The SMILES string of the molecule is CCC=CCC=CCC=CCC=CCC=CCCCCCC(=O)OCC(COC(=O)CCCCCCCC=CCC=CCCCCC)OC(=O)CCCCCCCC=CCC=CCCCCC. The first kappa shape index (κ1) is 63.1. The molecule has 0 rings (SSSR count). The average Bonchev–Trinajstić information content (AvgIpc) is 3.33. The molecule has 6 heteroatoms. The summed E-state index contributed by atoms with van der Waals surface area (Å²) in [6.07, 6.45) is 73.5. The first-order valence-corrected chi connectivity index (χ1v) is 27.4. The summed E-state index contributed by atoms with van der Waals surface area (Å²) < 4.78 is 16.8. The first-order valence-electron chi connectivity index (χ1n) is 27.4. The minimum Gasteiger partial charge on any atom is -0.462 e. The maximum absolute atomic E-state index is 12.8. The van der Waals surface area contributed by atoms with Crippen molar-refractivity contribution in [3.63, 3.8) is 0 Å². The van der Waals surface area contributed by atoms with Gasteiger partial charge in [0.25, 0.3) is 0 Å². The number of esters is 3. The van der Waals surface area contributed by atoms with Crippen LogP contribution in [0.4, 0.5) is 0 Å². The van der Waals surface area contributed by atoms with Crippen LogP contribution in [0.1, 0.15) is 239 Å². The van der Waals surface area contributed by atoms with Crippen molar-refractivity contribution in [3.05, 3.63) is 109 Å². The number of carbonyl (C=O) groups excluding carboxylic acids is 3. The Morgan fingerprint density at radius 2 is 0.582 bits per heavy atom. The highest BCUT2D eigenvalue weighted by molar-refractivity contribution is 5.71. The maximum Gasteiger partial charge on any atom is 0.306 e. The van der Waals surface area contributed by atoms with Crippen molar-refractivity contribution in [2.45, 2.75) is 245 Å². The van der Waals surface area contributed by atoms with Gasteiger partial charge in [-0.15, -0.1) is 0 Å². The standard InChI is InChI=1S/C61H100O6/c1-4-7-10-13-16-19-22-25-28-29-30-31-34-36-39-42-45-48-51-54-60(63)66-57-58(67-61(64)55-52-49-46-43-40-37-33-27-24-21-18-15-12-9-6-3)56-65-59(62)53-50-47-44-41-38-35-32-26-23-20-17-14-11-8-5-2/h7,10,16-21,25-28,30-33,36,39,58H,4-6,8-9,11-15,22-24,29,34-35,37-38,40-57H2,1-3H3. The van der Waals surface area contributed by atoms with Gasteiger partial charge in [-0.3, -0.25) is 14.4 Å². The van der Waals surface area contributed by atoms with Crippen LogP contribution in [0.5, 0.6) is 0 Å². The van der Waals surface area contributed by atoms with Gasteiger partial charge in [-0.2, -0.15) is 0 Å². The van der Waals surface area contributed by atoms with Gasteiger partial charge in [-0.05, 0) is 128 Å². The fourth-order valence-corrected chi connectivity index (χ4v) is 7.12. The smallest absolute Gasteiger partial charge is 0.306 e. The molecule has 0 N–H and O–H groups in total. The number of ether oxygens (including phenoxy) is 3. The van der Waals surface area contributed by atoms with E-state index in [0.717, 1.165) is 148 Å². The second-order valence-electron chi connectivity index (χ2n) is 17.7. The van der Waals surface area contributed by atoms with Gasteiger partial charge >= 0.3 is 17.9 Å². The highest BCUT2D eigenvalue weighted by Gasteiger charge is 2.19. The Balaban J connectivity index is 4.51.